The Balaban J connectivity index is 1.65. The molecule has 3 aromatic rings. The lowest BCUT2D eigenvalue weighted by Gasteiger charge is -2.24. The maximum atomic E-state index is 13.4. The van der Waals surface area contributed by atoms with E-state index < -0.39 is 0 Å². The van der Waals surface area contributed by atoms with E-state index in [9.17, 15) is 9.59 Å². The van der Waals surface area contributed by atoms with Gasteiger partial charge in [-0.25, -0.2) is 4.98 Å². The highest BCUT2D eigenvalue weighted by Crippen LogP contribution is 2.27. The fourth-order valence-electron chi connectivity index (χ4n) is 4.20. The molecule has 0 N–H and O–H groups in total. The molecular weight excluding hydrogens is 402 g/mol. The van der Waals surface area contributed by atoms with Crippen LogP contribution in [0, 0.1) is 5.92 Å². The lowest BCUT2D eigenvalue weighted by Crippen LogP contribution is -2.38. The molecule has 1 unspecified atom stereocenters. The Hall–Kier alpha value is -3.74. The number of hydrogen-bond donors (Lipinski definition) is 0. The summed E-state index contributed by atoms with van der Waals surface area (Å²) in [6.45, 7) is 5.54. The van der Waals surface area contributed by atoms with Crippen molar-refractivity contribution in [1.82, 2.24) is 24.3 Å². The van der Waals surface area contributed by atoms with Gasteiger partial charge in [0, 0.05) is 63.6 Å². The Kier molecular flexibility index (Phi) is 6.44. The first-order valence-corrected chi connectivity index (χ1v) is 10.7. The van der Waals surface area contributed by atoms with Crippen LogP contribution >= 0.6 is 0 Å². The first-order valence-electron chi connectivity index (χ1n) is 10.7. The Morgan fingerprint density at radius 3 is 2.75 bits per heavy atom. The second-order valence-electron chi connectivity index (χ2n) is 7.99. The number of aryl methyl sites for hydroxylation is 1. The molecule has 1 aliphatic rings. The van der Waals surface area contributed by atoms with Crippen molar-refractivity contribution >= 4 is 11.8 Å². The summed E-state index contributed by atoms with van der Waals surface area (Å²) in [6.07, 6.45) is 9.20. The molecule has 0 bridgehead atoms. The zero-order chi connectivity index (χ0) is 22.5. The highest BCUT2D eigenvalue weighted by atomic mass is 16.2. The van der Waals surface area contributed by atoms with E-state index in [0.717, 1.165) is 16.7 Å². The molecule has 0 aliphatic carbocycles. The molecule has 7 nitrogen and oxygen atoms in total. The van der Waals surface area contributed by atoms with Crippen LogP contribution in [-0.2, 0) is 18.3 Å². The van der Waals surface area contributed by atoms with Gasteiger partial charge in [0.1, 0.15) is 0 Å². The average Bonchev–Trinajstić information content (AvgIpc) is 3.19. The van der Waals surface area contributed by atoms with Gasteiger partial charge in [0.25, 0.3) is 5.91 Å². The van der Waals surface area contributed by atoms with Crippen LogP contribution in [0.25, 0.3) is 11.1 Å². The summed E-state index contributed by atoms with van der Waals surface area (Å²) >= 11 is 0. The Morgan fingerprint density at radius 1 is 1.19 bits per heavy atom. The van der Waals surface area contributed by atoms with Gasteiger partial charge in [-0.3, -0.25) is 14.6 Å². The van der Waals surface area contributed by atoms with Crippen LogP contribution < -0.4 is 0 Å². The Bertz CT molecular complexity index is 1110. The standard InChI is InChI=1S/C25H27N5O2/c1-3-12-29-14-15-30(25(32)23-27-11-13-28(23)2)18-21(24(29)31)16-19-7-4-5-9-22(19)20-8-6-10-26-17-20/h3-11,13,17,21H,1,12,14-16,18H2,2H3. The van der Waals surface area contributed by atoms with Crippen LogP contribution in [-0.4, -0.2) is 62.3 Å². The van der Waals surface area contributed by atoms with E-state index in [2.05, 4.69) is 16.5 Å². The van der Waals surface area contributed by atoms with Crippen molar-refractivity contribution in [2.24, 2.45) is 13.0 Å². The molecule has 2 amide bonds. The van der Waals surface area contributed by atoms with Crippen molar-refractivity contribution < 1.29 is 9.59 Å². The van der Waals surface area contributed by atoms with Crippen LogP contribution in [0.4, 0.5) is 0 Å². The molecule has 0 radical (unpaired) electrons. The van der Waals surface area contributed by atoms with Crippen LogP contribution in [0.3, 0.4) is 0 Å². The number of carbonyl (C=O) groups is 2. The van der Waals surface area contributed by atoms with Crippen molar-refractivity contribution in [1.29, 1.82) is 0 Å². The van der Waals surface area contributed by atoms with E-state index in [1.165, 1.54) is 0 Å². The predicted molar refractivity (Wildman–Crippen MR) is 123 cm³/mol. The number of pyridine rings is 1. The second kappa shape index (κ2) is 9.60. The minimum atomic E-state index is -0.362. The van der Waals surface area contributed by atoms with Gasteiger partial charge in [-0.1, -0.05) is 36.4 Å². The summed E-state index contributed by atoms with van der Waals surface area (Å²) in [5, 5.41) is 0. The maximum Gasteiger partial charge on any atom is 0.289 e. The van der Waals surface area contributed by atoms with Crippen molar-refractivity contribution in [3.63, 3.8) is 0 Å². The molecule has 1 fully saturated rings. The lowest BCUT2D eigenvalue weighted by atomic mass is 9.91. The molecule has 0 spiro atoms. The molecule has 0 saturated carbocycles. The Labute approximate surface area is 188 Å². The van der Waals surface area contributed by atoms with E-state index in [1.54, 1.807) is 46.1 Å². The number of rotatable bonds is 6. The van der Waals surface area contributed by atoms with Gasteiger partial charge in [-0.2, -0.15) is 0 Å². The summed E-state index contributed by atoms with van der Waals surface area (Å²) in [5.41, 5.74) is 3.12. The number of imidazole rings is 1. The molecule has 1 aromatic carbocycles. The van der Waals surface area contributed by atoms with Gasteiger partial charge >= 0.3 is 0 Å². The molecule has 2 aromatic heterocycles. The molecule has 4 rings (SSSR count). The highest BCUT2D eigenvalue weighted by Gasteiger charge is 2.33. The van der Waals surface area contributed by atoms with Gasteiger partial charge in [0.2, 0.25) is 5.91 Å². The van der Waals surface area contributed by atoms with Crippen molar-refractivity contribution in [3.05, 3.63) is 85.2 Å². The van der Waals surface area contributed by atoms with Gasteiger partial charge in [0.15, 0.2) is 5.82 Å². The van der Waals surface area contributed by atoms with E-state index in [1.807, 2.05) is 42.6 Å². The van der Waals surface area contributed by atoms with Crippen LogP contribution in [0.5, 0.6) is 0 Å². The van der Waals surface area contributed by atoms with Gasteiger partial charge in [0.05, 0.1) is 5.92 Å². The quantitative estimate of drug-likeness (QED) is 0.565. The van der Waals surface area contributed by atoms with Gasteiger partial charge in [-0.15, -0.1) is 6.58 Å². The van der Waals surface area contributed by atoms with E-state index in [0.29, 0.717) is 38.4 Å². The third kappa shape index (κ3) is 4.46. The average molecular weight is 430 g/mol. The molecule has 1 atom stereocenters. The summed E-state index contributed by atoms with van der Waals surface area (Å²) in [7, 11) is 1.80. The van der Waals surface area contributed by atoms with Crippen LogP contribution in [0.1, 0.15) is 16.2 Å². The minimum Gasteiger partial charge on any atom is -0.337 e. The number of aromatic nitrogens is 3. The zero-order valence-corrected chi connectivity index (χ0v) is 18.2. The zero-order valence-electron chi connectivity index (χ0n) is 18.2. The third-order valence-electron chi connectivity index (χ3n) is 5.85. The third-order valence-corrected chi connectivity index (χ3v) is 5.85. The first kappa shape index (κ1) is 21.5. The fourth-order valence-corrected chi connectivity index (χ4v) is 4.20. The predicted octanol–water partition coefficient (Wildman–Crippen LogP) is 2.81. The lowest BCUT2D eigenvalue weighted by molar-refractivity contribution is -0.134. The number of hydrogen-bond acceptors (Lipinski definition) is 4. The molecule has 3 heterocycles. The topological polar surface area (TPSA) is 71.3 Å². The summed E-state index contributed by atoms with van der Waals surface area (Å²) in [4.78, 5) is 38.6. The first-order chi connectivity index (χ1) is 15.6. The number of amides is 2. The van der Waals surface area contributed by atoms with E-state index >= 15 is 0 Å². The monoisotopic (exact) mass is 429 g/mol. The molecule has 164 valence electrons. The van der Waals surface area contributed by atoms with Gasteiger partial charge < -0.3 is 14.4 Å². The SMILES string of the molecule is C=CCN1CCN(C(=O)c2nccn2C)CC(Cc2ccccc2-c2cccnc2)C1=O. The minimum absolute atomic E-state index is 0.0426. The van der Waals surface area contributed by atoms with E-state index in [-0.39, 0.29) is 17.7 Å². The van der Waals surface area contributed by atoms with Crippen LogP contribution in [0.2, 0.25) is 0 Å². The molecular formula is C25H27N5O2. The number of nitrogens with zero attached hydrogens (tertiary/aromatic N) is 5. The molecule has 7 heteroatoms. The van der Waals surface area contributed by atoms with Crippen molar-refractivity contribution in [3.8, 4) is 11.1 Å². The summed E-state index contributed by atoms with van der Waals surface area (Å²) < 4.78 is 1.71. The summed E-state index contributed by atoms with van der Waals surface area (Å²) in [5.74, 6) is -0.0963. The largest absolute Gasteiger partial charge is 0.337 e. The number of carbonyl (C=O) groups excluding carboxylic acids is 2. The normalized spacial score (nSPS) is 16.7. The van der Waals surface area contributed by atoms with Crippen molar-refractivity contribution in [2.75, 3.05) is 26.2 Å². The molecule has 1 aliphatic heterocycles. The molecule has 1 saturated heterocycles. The number of benzene rings is 1. The Morgan fingerprint density at radius 2 is 2.03 bits per heavy atom. The van der Waals surface area contributed by atoms with Gasteiger partial charge in [-0.05, 0) is 23.6 Å². The fraction of sp³-hybridized carbons (Fsp3) is 0.280. The highest BCUT2D eigenvalue weighted by molar-refractivity contribution is 5.92. The van der Waals surface area contributed by atoms with Crippen molar-refractivity contribution in [2.45, 2.75) is 6.42 Å². The second-order valence-corrected chi connectivity index (χ2v) is 7.99. The van der Waals surface area contributed by atoms with E-state index in [4.69, 9.17) is 0 Å². The summed E-state index contributed by atoms with van der Waals surface area (Å²) in [6, 6.07) is 12.0. The van der Waals surface area contributed by atoms with Crippen LogP contribution in [0.15, 0.2) is 73.8 Å². The maximum absolute atomic E-state index is 13.4. The smallest absolute Gasteiger partial charge is 0.289 e. The molecule has 32 heavy (non-hydrogen) atoms.